The van der Waals surface area contributed by atoms with Crippen molar-refractivity contribution in [3.8, 4) is 11.1 Å². The highest BCUT2D eigenvalue weighted by Gasteiger charge is 2.36. The molecule has 2 atom stereocenters. The molecule has 1 N–H and O–H groups in total. The number of benzene rings is 2. The lowest BCUT2D eigenvalue weighted by Crippen LogP contribution is -2.51. The molecule has 36 heavy (non-hydrogen) atoms. The number of allylic oxidation sites excluding steroid dienone is 4. The summed E-state index contributed by atoms with van der Waals surface area (Å²) >= 11 is 0. The summed E-state index contributed by atoms with van der Waals surface area (Å²) in [6, 6.07) is 11.8. The number of sulfone groups is 1. The number of rotatable bonds is 3. The molecule has 0 saturated heterocycles. The number of fused-ring (bicyclic) bond motifs is 2. The molecule has 2 aliphatic heterocycles. The summed E-state index contributed by atoms with van der Waals surface area (Å²) in [6.07, 6.45) is 7.76. The van der Waals surface area contributed by atoms with Gasteiger partial charge in [-0.15, -0.1) is 0 Å². The third-order valence-electron chi connectivity index (χ3n) is 6.54. The third kappa shape index (κ3) is 4.15. The second-order valence-electron chi connectivity index (χ2n) is 9.19. The second kappa shape index (κ2) is 8.60. The van der Waals surface area contributed by atoms with Crippen molar-refractivity contribution < 1.29 is 23.1 Å². The van der Waals surface area contributed by atoms with E-state index < -0.39 is 9.84 Å². The van der Waals surface area contributed by atoms with E-state index in [1.54, 1.807) is 58.4 Å². The fourth-order valence-corrected chi connectivity index (χ4v) is 5.46. The van der Waals surface area contributed by atoms with Crippen LogP contribution in [0, 0.1) is 5.92 Å². The first-order valence-corrected chi connectivity index (χ1v) is 13.4. The van der Waals surface area contributed by atoms with Gasteiger partial charge in [0.1, 0.15) is 11.5 Å². The van der Waals surface area contributed by atoms with Gasteiger partial charge in [0.25, 0.3) is 5.91 Å². The quantitative estimate of drug-likeness (QED) is 0.685. The van der Waals surface area contributed by atoms with E-state index in [0.29, 0.717) is 17.1 Å². The number of hydrogen-bond donors (Lipinski definition) is 1. The number of hydrogen-bond acceptors (Lipinski definition) is 6. The van der Waals surface area contributed by atoms with E-state index in [1.807, 2.05) is 25.1 Å². The Morgan fingerprint density at radius 2 is 1.69 bits per heavy atom. The number of aliphatic imine (C=N–C) groups is 1. The third-order valence-corrected chi connectivity index (χ3v) is 7.66. The van der Waals surface area contributed by atoms with Crippen molar-refractivity contribution >= 4 is 38.7 Å². The molecule has 9 heteroatoms. The normalized spacial score (nSPS) is 20.8. The topological polar surface area (TPSA) is 107 Å². The highest BCUT2D eigenvalue weighted by atomic mass is 32.2. The zero-order valence-electron chi connectivity index (χ0n) is 20.0. The lowest BCUT2D eigenvalue weighted by Gasteiger charge is -2.41. The molecule has 0 spiro atoms. The molecule has 1 aliphatic carbocycles. The fourth-order valence-electron chi connectivity index (χ4n) is 4.83. The van der Waals surface area contributed by atoms with Gasteiger partial charge in [-0.3, -0.25) is 9.59 Å². The largest absolute Gasteiger partial charge is 0.508 e. The maximum atomic E-state index is 13.7. The Morgan fingerprint density at radius 3 is 2.36 bits per heavy atom. The van der Waals surface area contributed by atoms with E-state index in [2.05, 4.69) is 4.99 Å². The van der Waals surface area contributed by atoms with E-state index in [0.717, 1.165) is 17.4 Å². The summed E-state index contributed by atoms with van der Waals surface area (Å²) in [4.78, 5) is 34.2. The predicted molar refractivity (Wildman–Crippen MR) is 139 cm³/mol. The molecular weight excluding hydrogens is 478 g/mol. The summed E-state index contributed by atoms with van der Waals surface area (Å²) in [5.74, 6) is -0.550. The number of nitrogens with zero attached hydrogens (tertiary/aromatic N) is 3. The number of amides is 2. The van der Waals surface area contributed by atoms with Gasteiger partial charge < -0.3 is 14.9 Å². The molecule has 3 aliphatic rings. The molecule has 1 unspecified atom stereocenters. The maximum absolute atomic E-state index is 13.7. The van der Waals surface area contributed by atoms with Crippen molar-refractivity contribution in [3.63, 3.8) is 0 Å². The minimum absolute atomic E-state index is 0.127. The van der Waals surface area contributed by atoms with Crippen molar-refractivity contribution in [1.82, 2.24) is 0 Å². The highest BCUT2D eigenvalue weighted by molar-refractivity contribution is 7.90. The Kier molecular flexibility index (Phi) is 5.67. The van der Waals surface area contributed by atoms with Crippen LogP contribution in [0.15, 0.2) is 88.1 Å². The summed E-state index contributed by atoms with van der Waals surface area (Å²) in [6.45, 7) is 3.67. The number of aliphatic hydroxyl groups is 1. The first kappa shape index (κ1) is 23.7. The van der Waals surface area contributed by atoms with Gasteiger partial charge in [-0.2, -0.15) is 0 Å². The van der Waals surface area contributed by atoms with Gasteiger partial charge in [-0.05, 0) is 66.6 Å². The first-order chi connectivity index (χ1) is 17.0. The molecular formula is C27H25N3O5S. The van der Waals surface area contributed by atoms with Gasteiger partial charge in [0.15, 0.2) is 9.84 Å². The Morgan fingerprint density at radius 1 is 1.00 bits per heavy atom. The zero-order chi connectivity index (χ0) is 25.8. The van der Waals surface area contributed by atoms with Crippen molar-refractivity contribution in [1.29, 1.82) is 0 Å². The van der Waals surface area contributed by atoms with Crippen LogP contribution in [0.3, 0.4) is 0 Å². The first-order valence-electron chi connectivity index (χ1n) is 11.5. The lowest BCUT2D eigenvalue weighted by molar-refractivity contribution is -0.118. The number of anilines is 2. The second-order valence-corrected chi connectivity index (χ2v) is 11.2. The van der Waals surface area contributed by atoms with Crippen LogP contribution in [0.4, 0.5) is 11.4 Å². The van der Waals surface area contributed by atoms with E-state index >= 15 is 0 Å². The molecule has 2 amide bonds. The molecule has 8 nitrogen and oxygen atoms in total. The zero-order valence-corrected chi connectivity index (χ0v) is 20.9. The standard InChI is InChI=1S/C27H25N3O5S/c1-16-15-29(27(33)24-13-20-12-21(32)7-10-23(20)28-24)26-14-19(6-11-25(26)30(16)17(2)31)18-4-8-22(9-5-18)36(3,34)35/h4-14,16,20,32H,15H2,1-3H3/t16-,20?/m0/s1. The average Bonchev–Trinajstić information content (AvgIpc) is 3.25. The minimum atomic E-state index is -3.32. The SMILES string of the molecule is CC(=O)N1c2ccc(-c3ccc(S(C)(=O)=O)cc3)cc2N(C(=O)C2=CC3C=C(O)C=CC3=N2)C[C@@H]1C. The Balaban J connectivity index is 1.56. The van der Waals surface area contributed by atoms with Crippen LogP contribution in [-0.4, -0.2) is 49.9 Å². The molecule has 2 aromatic carbocycles. The van der Waals surface area contributed by atoms with Crippen LogP contribution in [0.5, 0.6) is 0 Å². The van der Waals surface area contributed by atoms with E-state index in [4.69, 9.17) is 0 Å². The molecule has 0 fully saturated rings. The smallest absolute Gasteiger partial charge is 0.276 e. The Bertz CT molecular complexity index is 1520. The molecule has 0 aromatic heterocycles. The fraction of sp³-hybridized carbons (Fsp3) is 0.222. The maximum Gasteiger partial charge on any atom is 0.276 e. The molecule has 5 rings (SSSR count). The minimum Gasteiger partial charge on any atom is -0.508 e. The Hall–Kier alpha value is -3.98. The van der Waals surface area contributed by atoms with Crippen LogP contribution >= 0.6 is 0 Å². The molecule has 2 heterocycles. The summed E-state index contributed by atoms with van der Waals surface area (Å²) in [7, 11) is -3.32. The molecule has 0 radical (unpaired) electrons. The average molecular weight is 504 g/mol. The van der Waals surface area contributed by atoms with Gasteiger partial charge in [-0.25, -0.2) is 13.4 Å². The van der Waals surface area contributed by atoms with Crippen LogP contribution in [0.1, 0.15) is 13.8 Å². The molecule has 2 aromatic rings. The van der Waals surface area contributed by atoms with Crippen LogP contribution in [-0.2, 0) is 19.4 Å². The van der Waals surface area contributed by atoms with Crippen molar-refractivity contribution in [2.24, 2.45) is 10.9 Å². The van der Waals surface area contributed by atoms with Gasteiger partial charge in [-0.1, -0.05) is 18.2 Å². The van der Waals surface area contributed by atoms with Gasteiger partial charge in [0, 0.05) is 25.6 Å². The van der Waals surface area contributed by atoms with Crippen LogP contribution in [0.25, 0.3) is 11.1 Å². The van der Waals surface area contributed by atoms with Crippen LogP contribution in [0.2, 0.25) is 0 Å². The van der Waals surface area contributed by atoms with Gasteiger partial charge in [0.05, 0.1) is 28.0 Å². The number of carbonyl (C=O) groups is 2. The van der Waals surface area contributed by atoms with Crippen molar-refractivity contribution in [3.05, 3.63) is 78.2 Å². The van der Waals surface area contributed by atoms with E-state index in [1.165, 1.54) is 6.92 Å². The van der Waals surface area contributed by atoms with Gasteiger partial charge >= 0.3 is 0 Å². The molecule has 0 bridgehead atoms. The molecule has 0 saturated carbocycles. The lowest BCUT2D eigenvalue weighted by atomic mass is 9.98. The van der Waals surface area contributed by atoms with Crippen molar-refractivity contribution in [2.45, 2.75) is 24.8 Å². The monoisotopic (exact) mass is 503 g/mol. The summed E-state index contributed by atoms with van der Waals surface area (Å²) < 4.78 is 23.7. The van der Waals surface area contributed by atoms with Gasteiger partial charge in [0.2, 0.25) is 5.91 Å². The predicted octanol–water partition coefficient (Wildman–Crippen LogP) is 3.81. The molecule has 184 valence electrons. The Labute approximate surface area is 209 Å². The van der Waals surface area contributed by atoms with Crippen LogP contribution < -0.4 is 9.80 Å². The highest BCUT2D eigenvalue weighted by Crippen LogP contribution is 2.40. The van der Waals surface area contributed by atoms with Crippen molar-refractivity contribution in [2.75, 3.05) is 22.6 Å². The number of carbonyl (C=O) groups excluding carboxylic acids is 2. The van der Waals surface area contributed by atoms with E-state index in [-0.39, 0.29) is 46.7 Å². The van der Waals surface area contributed by atoms with E-state index in [9.17, 15) is 23.1 Å². The summed E-state index contributed by atoms with van der Waals surface area (Å²) in [5, 5.41) is 9.80. The number of aliphatic hydroxyl groups excluding tert-OH is 1. The summed E-state index contributed by atoms with van der Waals surface area (Å²) in [5.41, 5.74) is 3.72.